The number of benzene rings is 1. The van der Waals surface area contributed by atoms with Crippen molar-refractivity contribution in [2.75, 3.05) is 6.54 Å². The van der Waals surface area contributed by atoms with Crippen LogP contribution in [0.25, 0.3) is 0 Å². The van der Waals surface area contributed by atoms with Gasteiger partial charge in [0.15, 0.2) is 17.5 Å². The van der Waals surface area contributed by atoms with Crippen molar-refractivity contribution in [1.82, 2.24) is 25.0 Å². The maximum Gasteiger partial charge on any atom is 0.451 e. The Hall–Kier alpha value is -3.32. The SMILES string of the molecule is C[C@@H]1c2nnc(C(F)(F)F)n2[C@H](C)CN1C(=O)C[C@@H](Cc1cc(F)c(F)cc1F)NC(=O)OC(C)(C)C. The lowest BCUT2D eigenvalue weighted by molar-refractivity contribution is -0.149. The van der Waals surface area contributed by atoms with Crippen molar-refractivity contribution in [3.63, 3.8) is 0 Å². The Bertz CT molecular complexity index is 1180. The highest BCUT2D eigenvalue weighted by molar-refractivity contribution is 5.78. The zero-order valence-electron chi connectivity index (χ0n) is 20.8. The number of nitrogens with one attached hydrogen (secondary N) is 1. The molecule has 0 aliphatic carbocycles. The van der Waals surface area contributed by atoms with Gasteiger partial charge in [-0.25, -0.2) is 18.0 Å². The maximum absolute atomic E-state index is 14.3. The number of ether oxygens (including phenoxy) is 1. The third-order valence-electron chi connectivity index (χ3n) is 5.74. The van der Waals surface area contributed by atoms with Crippen LogP contribution in [0.4, 0.5) is 31.1 Å². The number of carbonyl (C=O) groups excluding carboxylic acids is 2. The van der Waals surface area contributed by atoms with Crippen LogP contribution >= 0.6 is 0 Å². The van der Waals surface area contributed by atoms with Crippen molar-refractivity contribution < 1.29 is 40.7 Å². The lowest BCUT2D eigenvalue weighted by Gasteiger charge is -2.38. The van der Waals surface area contributed by atoms with Crippen LogP contribution in [0.1, 0.15) is 70.3 Å². The number of alkyl carbamates (subject to hydrolysis) is 1. The van der Waals surface area contributed by atoms with Gasteiger partial charge in [0.25, 0.3) is 0 Å². The summed E-state index contributed by atoms with van der Waals surface area (Å²) < 4.78 is 87.6. The van der Waals surface area contributed by atoms with Crippen LogP contribution in [0, 0.1) is 17.5 Å². The van der Waals surface area contributed by atoms with Gasteiger partial charge >= 0.3 is 12.3 Å². The molecule has 8 nitrogen and oxygen atoms in total. The maximum atomic E-state index is 14.3. The highest BCUT2D eigenvalue weighted by atomic mass is 19.4. The Kier molecular flexibility index (Phi) is 7.80. The fraction of sp³-hybridized carbons (Fsp3) is 0.565. The second-order valence-corrected chi connectivity index (χ2v) is 9.93. The molecular formula is C23H27F6N5O3. The topological polar surface area (TPSA) is 89.4 Å². The lowest BCUT2D eigenvalue weighted by Crippen LogP contribution is -2.47. The van der Waals surface area contributed by atoms with Crippen molar-refractivity contribution >= 4 is 12.0 Å². The number of amides is 2. The molecule has 1 aromatic carbocycles. The number of alkyl halides is 3. The molecule has 0 bridgehead atoms. The smallest absolute Gasteiger partial charge is 0.444 e. The monoisotopic (exact) mass is 535 g/mol. The zero-order valence-corrected chi connectivity index (χ0v) is 20.8. The number of hydrogen-bond acceptors (Lipinski definition) is 5. The molecule has 1 aliphatic heterocycles. The van der Waals surface area contributed by atoms with Crippen molar-refractivity contribution in [3.8, 4) is 0 Å². The largest absolute Gasteiger partial charge is 0.451 e. The van der Waals surface area contributed by atoms with Crippen LogP contribution in [0.5, 0.6) is 0 Å². The first kappa shape index (κ1) is 28.3. The Morgan fingerprint density at radius 1 is 1.08 bits per heavy atom. The minimum absolute atomic E-state index is 0.0669. The number of nitrogens with zero attached hydrogens (tertiary/aromatic N) is 4. The standard InChI is InChI=1S/C23H27F6N5O3/c1-11-10-33(12(2)19-31-32-20(34(11)19)23(27,28)29)18(35)8-14(30-21(36)37-22(3,4)5)6-13-7-16(25)17(26)9-15(13)24/h7,9,11-12,14H,6,8,10H2,1-5H3,(H,30,36)/t11-,12-,14-/m1/s1. The predicted octanol–water partition coefficient (Wildman–Crippen LogP) is 4.70. The molecule has 0 saturated carbocycles. The molecule has 2 aromatic rings. The quantitative estimate of drug-likeness (QED) is 0.443. The van der Waals surface area contributed by atoms with Gasteiger partial charge in [-0.3, -0.25) is 4.79 Å². The van der Waals surface area contributed by atoms with E-state index in [2.05, 4.69) is 15.5 Å². The first-order valence-corrected chi connectivity index (χ1v) is 11.4. The fourth-order valence-electron chi connectivity index (χ4n) is 4.16. The summed E-state index contributed by atoms with van der Waals surface area (Å²) in [5, 5.41) is 9.33. The first-order valence-electron chi connectivity index (χ1n) is 11.4. The average Bonchev–Trinajstić information content (AvgIpc) is 3.20. The summed E-state index contributed by atoms with van der Waals surface area (Å²) in [6.45, 7) is 7.64. The van der Waals surface area contributed by atoms with Crippen LogP contribution in [-0.4, -0.2) is 49.9 Å². The van der Waals surface area contributed by atoms with E-state index in [0.717, 1.165) is 4.57 Å². The average molecular weight is 535 g/mol. The van der Waals surface area contributed by atoms with Gasteiger partial charge in [-0.1, -0.05) is 0 Å². The van der Waals surface area contributed by atoms with Crippen molar-refractivity contribution in [2.24, 2.45) is 0 Å². The summed E-state index contributed by atoms with van der Waals surface area (Å²) in [4.78, 5) is 26.9. The van der Waals surface area contributed by atoms with Gasteiger partial charge in [0, 0.05) is 25.1 Å². The van der Waals surface area contributed by atoms with Crippen LogP contribution in [0.3, 0.4) is 0 Å². The second-order valence-electron chi connectivity index (χ2n) is 9.93. The summed E-state index contributed by atoms with van der Waals surface area (Å²) >= 11 is 0. The van der Waals surface area contributed by atoms with Gasteiger partial charge in [0.2, 0.25) is 11.7 Å². The van der Waals surface area contributed by atoms with Gasteiger partial charge in [0.1, 0.15) is 11.4 Å². The van der Waals surface area contributed by atoms with E-state index >= 15 is 0 Å². The van der Waals surface area contributed by atoms with Gasteiger partial charge in [-0.2, -0.15) is 13.2 Å². The molecule has 2 amide bonds. The molecule has 1 aliphatic rings. The van der Waals surface area contributed by atoms with E-state index in [4.69, 9.17) is 4.74 Å². The van der Waals surface area contributed by atoms with E-state index in [1.54, 1.807) is 20.8 Å². The highest BCUT2D eigenvalue weighted by Crippen LogP contribution is 2.36. The Morgan fingerprint density at radius 2 is 1.70 bits per heavy atom. The molecule has 37 heavy (non-hydrogen) atoms. The molecule has 0 saturated heterocycles. The van der Waals surface area contributed by atoms with Crippen molar-refractivity contribution in [1.29, 1.82) is 0 Å². The molecule has 2 heterocycles. The third kappa shape index (κ3) is 6.52. The minimum Gasteiger partial charge on any atom is -0.444 e. The molecule has 3 atom stereocenters. The first-order chi connectivity index (χ1) is 17.0. The summed E-state index contributed by atoms with van der Waals surface area (Å²) in [6.07, 6.45) is -6.49. The van der Waals surface area contributed by atoms with Crippen LogP contribution in [0.15, 0.2) is 12.1 Å². The molecular weight excluding hydrogens is 508 g/mol. The summed E-state index contributed by atoms with van der Waals surface area (Å²) in [5.41, 5.74) is -1.19. The Labute approximate surface area is 209 Å². The zero-order chi connectivity index (χ0) is 27.9. The van der Waals surface area contributed by atoms with Gasteiger partial charge < -0.3 is 19.5 Å². The number of rotatable bonds is 5. The Balaban J connectivity index is 1.85. The molecule has 14 heteroatoms. The predicted molar refractivity (Wildman–Crippen MR) is 118 cm³/mol. The molecule has 0 fully saturated rings. The van der Waals surface area contributed by atoms with E-state index in [1.165, 1.54) is 18.7 Å². The van der Waals surface area contributed by atoms with Crippen LogP contribution < -0.4 is 5.32 Å². The third-order valence-corrected chi connectivity index (χ3v) is 5.74. The summed E-state index contributed by atoms with van der Waals surface area (Å²) in [6, 6.07) is -1.84. The van der Waals surface area contributed by atoms with E-state index in [9.17, 15) is 35.9 Å². The van der Waals surface area contributed by atoms with Crippen LogP contribution in [-0.2, 0) is 22.1 Å². The second kappa shape index (κ2) is 10.2. The molecule has 0 unspecified atom stereocenters. The number of aromatic nitrogens is 3. The summed E-state index contributed by atoms with van der Waals surface area (Å²) in [7, 11) is 0. The minimum atomic E-state index is -4.73. The van der Waals surface area contributed by atoms with Crippen LogP contribution in [0.2, 0.25) is 0 Å². The molecule has 0 spiro atoms. The van der Waals surface area contributed by atoms with E-state index in [-0.39, 0.29) is 24.4 Å². The van der Waals surface area contributed by atoms with Gasteiger partial charge in [-0.05, 0) is 52.7 Å². The molecule has 1 aromatic heterocycles. The van der Waals surface area contributed by atoms with Gasteiger partial charge in [-0.15, -0.1) is 10.2 Å². The number of carbonyl (C=O) groups is 2. The number of fused-ring (bicyclic) bond motifs is 1. The number of halogens is 6. The molecule has 204 valence electrons. The number of hydrogen-bond donors (Lipinski definition) is 1. The van der Waals surface area contributed by atoms with E-state index in [1.807, 2.05) is 0 Å². The normalized spacial score (nSPS) is 18.8. The fourth-order valence-corrected chi connectivity index (χ4v) is 4.16. The molecule has 3 rings (SSSR count). The highest BCUT2D eigenvalue weighted by Gasteiger charge is 2.44. The van der Waals surface area contributed by atoms with Crippen molar-refractivity contribution in [2.45, 2.75) is 77.4 Å². The van der Waals surface area contributed by atoms with Gasteiger partial charge in [0.05, 0.1) is 12.1 Å². The summed E-state index contributed by atoms with van der Waals surface area (Å²) in [5.74, 6) is -5.61. The van der Waals surface area contributed by atoms with E-state index < -0.39 is 71.6 Å². The molecule has 1 N–H and O–H groups in total. The lowest BCUT2D eigenvalue weighted by atomic mass is 10.0. The van der Waals surface area contributed by atoms with E-state index in [0.29, 0.717) is 12.1 Å². The van der Waals surface area contributed by atoms with Crippen molar-refractivity contribution in [3.05, 3.63) is 46.8 Å². The Morgan fingerprint density at radius 3 is 2.30 bits per heavy atom. The molecule has 0 radical (unpaired) electrons.